The average Bonchev–Trinajstić information content (AvgIpc) is 2.62. The monoisotopic (exact) mass is 204 g/mol. The van der Waals surface area contributed by atoms with E-state index in [1.165, 1.54) is 5.56 Å². The first-order valence-corrected chi connectivity index (χ1v) is 5.24. The number of amides is 1. The average molecular weight is 204 g/mol. The van der Waals surface area contributed by atoms with Gasteiger partial charge in [-0.1, -0.05) is 30.3 Å². The molecule has 0 unspecified atom stereocenters. The highest BCUT2D eigenvalue weighted by Gasteiger charge is 2.32. The molecular formula is C12H16N2O. The molecule has 1 aromatic rings. The maximum Gasteiger partial charge on any atom is 0.219 e. The molecular weight excluding hydrogens is 188 g/mol. The maximum absolute atomic E-state index is 11.2. The van der Waals surface area contributed by atoms with Crippen molar-refractivity contribution in [2.24, 2.45) is 5.73 Å². The minimum Gasteiger partial charge on any atom is -0.341 e. The molecule has 2 N–H and O–H groups in total. The van der Waals surface area contributed by atoms with E-state index in [1.807, 2.05) is 23.1 Å². The fourth-order valence-corrected chi connectivity index (χ4v) is 2.14. The zero-order chi connectivity index (χ0) is 10.8. The van der Waals surface area contributed by atoms with E-state index in [4.69, 9.17) is 5.73 Å². The van der Waals surface area contributed by atoms with Gasteiger partial charge < -0.3 is 10.6 Å². The minimum absolute atomic E-state index is 0.0660. The van der Waals surface area contributed by atoms with Crippen molar-refractivity contribution < 1.29 is 4.79 Å². The second-order valence-electron chi connectivity index (χ2n) is 4.11. The standard InChI is InChI=1S/C12H16N2O/c1-9(15)14-7-11(12(13)8-14)10-5-3-2-4-6-10/h2-6,11-12H,7-8,13H2,1H3/t11-,12+/m0/s1. The smallest absolute Gasteiger partial charge is 0.219 e. The topological polar surface area (TPSA) is 46.3 Å². The normalized spacial score (nSPS) is 25.6. The lowest BCUT2D eigenvalue weighted by Crippen LogP contribution is -2.30. The van der Waals surface area contributed by atoms with Gasteiger partial charge >= 0.3 is 0 Å². The zero-order valence-electron chi connectivity index (χ0n) is 8.89. The molecule has 0 radical (unpaired) electrons. The van der Waals surface area contributed by atoms with Crippen LogP contribution in [0.3, 0.4) is 0 Å². The SMILES string of the molecule is CC(=O)N1C[C@@H](N)[C@H](c2ccccc2)C1. The van der Waals surface area contributed by atoms with Crippen molar-refractivity contribution in [1.82, 2.24) is 4.90 Å². The number of benzene rings is 1. The summed E-state index contributed by atoms with van der Waals surface area (Å²) in [6.07, 6.45) is 0. The number of carbonyl (C=O) groups excluding carboxylic acids is 1. The molecule has 1 heterocycles. The van der Waals surface area contributed by atoms with Gasteiger partial charge in [-0.05, 0) is 5.56 Å². The predicted molar refractivity (Wildman–Crippen MR) is 59.4 cm³/mol. The van der Waals surface area contributed by atoms with Gasteiger partial charge in [0.05, 0.1) is 0 Å². The molecule has 1 aromatic carbocycles. The molecule has 0 aromatic heterocycles. The number of nitrogens with zero attached hydrogens (tertiary/aromatic N) is 1. The Hall–Kier alpha value is -1.35. The van der Waals surface area contributed by atoms with Crippen LogP contribution in [-0.2, 0) is 4.79 Å². The summed E-state index contributed by atoms with van der Waals surface area (Å²) in [5.41, 5.74) is 7.28. The Morgan fingerprint density at radius 2 is 2.00 bits per heavy atom. The highest BCUT2D eigenvalue weighted by Crippen LogP contribution is 2.26. The molecule has 1 amide bonds. The second kappa shape index (κ2) is 4.03. The first-order valence-electron chi connectivity index (χ1n) is 5.24. The summed E-state index contributed by atoms with van der Waals surface area (Å²) in [5.74, 6) is 0.402. The third-order valence-corrected chi connectivity index (χ3v) is 3.04. The van der Waals surface area contributed by atoms with Crippen molar-refractivity contribution in [3.05, 3.63) is 35.9 Å². The van der Waals surface area contributed by atoms with E-state index in [0.29, 0.717) is 6.54 Å². The summed E-state index contributed by atoms with van der Waals surface area (Å²) >= 11 is 0. The van der Waals surface area contributed by atoms with Gasteiger partial charge in [0.15, 0.2) is 0 Å². The largest absolute Gasteiger partial charge is 0.341 e. The number of nitrogens with two attached hydrogens (primary N) is 1. The number of hydrogen-bond acceptors (Lipinski definition) is 2. The molecule has 80 valence electrons. The van der Waals surface area contributed by atoms with Gasteiger partial charge in [0.25, 0.3) is 0 Å². The number of rotatable bonds is 1. The second-order valence-corrected chi connectivity index (χ2v) is 4.11. The molecule has 3 heteroatoms. The van der Waals surface area contributed by atoms with Crippen LogP contribution in [-0.4, -0.2) is 29.9 Å². The molecule has 0 bridgehead atoms. The fraction of sp³-hybridized carbons (Fsp3) is 0.417. The maximum atomic E-state index is 11.2. The van der Waals surface area contributed by atoms with Crippen LogP contribution in [0.1, 0.15) is 18.4 Å². The van der Waals surface area contributed by atoms with Crippen molar-refractivity contribution in [2.45, 2.75) is 18.9 Å². The minimum atomic E-state index is 0.0660. The first kappa shape index (κ1) is 10.2. The molecule has 0 aliphatic carbocycles. The predicted octanol–water partition coefficient (Wildman–Crippen LogP) is 0.960. The highest BCUT2D eigenvalue weighted by molar-refractivity contribution is 5.73. The van der Waals surface area contributed by atoms with Crippen LogP contribution in [0.5, 0.6) is 0 Å². The van der Waals surface area contributed by atoms with Gasteiger partial charge in [-0.25, -0.2) is 0 Å². The van der Waals surface area contributed by atoms with Crippen LogP contribution >= 0.6 is 0 Å². The van der Waals surface area contributed by atoms with Crippen LogP contribution < -0.4 is 5.73 Å². The Balaban J connectivity index is 2.15. The summed E-state index contributed by atoms with van der Waals surface area (Å²) in [4.78, 5) is 13.1. The van der Waals surface area contributed by atoms with Gasteiger partial charge in [0, 0.05) is 32.0 Å². The zero-order valence-corrected chi connectivity index (χ0v) is 8.89. The molecule has 15 heavy (non-hydrogen) atoms. The summed E-state index contributed by atoms with van der Waals surface area (Å²) < 4.78 is 0. The number of carbonyl (C=O) groups is 1. The van der Waals surface area contributed by atoms with Crippen LogP contribution in [0, 0.1) is 0 Å². The summed E-state index contributed by atoms with van der Waals surface area (Å²) in [6, 6.07) is 10.2. The van der Waals surface area contributed by atoms with Crippen molar-refractivity contribution in [1.29, 1.82) is 0 Å². The van der Waals surface area contributed by atoms with E-state index in [-0.39, 0.29) is 17.9 Å². The Morgan fingerprint density at radius 1 is 1.33 bits per heavy atom. The lowest BCUT2D eigenvalue weighted by Gasteiger charge is -2.14. The molecule has 2 atom stereocenters. The molecule has 1 aliphatic heterocycles. The molecule has 1 aliphatic rings. The Bertz CT molecular complexity index is 350. The van der Waals surface area contributed by atoms with Gasteiger partial charge in [-0.3, -0.25) is 4.79 Å². The molecule has 2 rings (SSSR count). The van der Waals surface area contributed by atoms with Crippen molar-refractivity contribution >= 4 is 5.91 Å². The Kier molecular flexibility index (Phi) is 2.73. The quantitative estimate of drug-likeness (QED) is 0.740. The van der Waals surface area contributed by atoms with E-state index in [9.17, 15) is 4.79 Å². The van der Waals surface area contributed by atoms with E-state index in [0.717, 1.165) is 6.54 Å². The van der Waals surface area contributed by atoms with E-state index < -0.39 is 0 Å². The van der Waals surface area contributed by atoms with Crippen molar-refractivity contribution in [3.8, 4) is 0 Å². The lowest BCUT2D eigenvalue weighted by molar-refractivity contribution is -0.127. The molecule has 0 spiro atoms. The van der Waals surface area contributed by atoms with Crippen LogP contribution in [0.4, 0.5) is 0 Å². The van der Waals surface area contributed by atoms with Crippen molar-refractivity contribution in [2.75, 3.05) is 13.1 Å². The number of hydrogen-bond donors (Lipinski definition) is 1. The first-order chi connectivity index (χ1) is 7.18. The molecule has 1 fully saturated rings. The van der Waals surface area contributed by atoms with Crippen LogP contribution in [0.2, 0.25) is 0 Å². The summed E-state index contributed by atoms with van der Waals surface area (Å²) in [7, 11) is 0. The van der Waals surface area contributed by atoms with Gasteiger partial charge in [0.1, 0.15) is 0 Å². The van der Waals surface area contributed by atoms with Gasteiger partial charge in [-0.2, -0.15) is 0 Å². The molecule has 1 saturated heterocycles. The van der Waals surface area contributed by atoms with E-state index in [1.54, 1.807) is 6.92 Å². The van der Waals surface area contributed by atoms with Gasteiger partial charge in [-0.15, -0.1) is 0 Å². The summed E-state index contributed by atoms with van der Waals surface area (Å²) in [6.45, 7) is 3.02. The van der Waals surface area contributed by atoms with E-state index in [2.05, 4.69) is 12.1 Å². The third kappa shape index (κ3) is 2.02. The van der Waals surface area contributed by atoms with Crippen molar-refractivity contribution in [3.63, 3.8) is 0 Å². The van der Waals surface area contributed by atoms with Crippen LogP contribution in [0.25, 0.3) is 0 Å². The van der Waals surface area contributed by atoms with E-state index >= 15 is 0 Å². The molecule has 3 nitrogen and oxygen atoms in total. The summed E-state index contributed by atoms with van der Waals surface area (Å²) in [5, 5.41) is 0. The Morgan fingerprint density at radius 3 is 2.53 bits per heavy atom. The van der Waals surface area contributed by atoms with Gasteiger partial charge in [0.2, 0.25) is 5.91 Å². The Labute approximate surface area is 89.9 Å². The fourth-order valence-electron chi connectivity index (χ4n) is 2.14. The lowest BCUT2D eigenvalue weighted by atomic mass is 9.95. The number of likely N-dealkylation sites (tertiary alicyclic amines) is 1. The van der Waals surface area contributed by atoms with Crippen LogP contribution in [0.15, 0.2) is 30.3 Å². The third-order valence-electron chi connectivity index (χ3n) is 3.04. The molecule has 0 saturated carbocycles. The highest BCUT2D eigenvalue weighted by atomic mass is 16.2.